The number of methoxy groups -OCH3 is 1. The van der Waals surface area contributed by atoms with Gasteiger partial charge in [0.15, 0.2) is 0 Å². The van der Waals surface area contributed by atoms with E-state index in [4.69, 9.17) is 9.84 Å². The Morgan fingerprint density at radius 3 is 2.47 bits per heavy atom. The fraction of sp³-hybridized carbons (Fsp3) is 0.692. The summed E-state index contributed by atoms with van der Waals surface area (Å²) in [5, 5.41) is 13.3. The van der Waals surface area contributed by atoms with Gasteiger partial charge in [0.1, 0.15) is 0 Å². The molecule has 0 aliphatic rings. The van der Waals surface area contributed by atoms with Crippen LogP contribution in [0.1, 0.15) is 32.0 Å². The van der Waals surface area contributed by atoms with E-state index in [-0.39, 0.29) is 12.1 Å². The highest BCUT2D eigenvalue weighted by Gasteiger charge is 2.26. The summed E-state index contributed by atoms with van der Waals surface area (Å²) in [6.07, 6.45) is 0. The molecule has 0 amide bonds. The van der Waals surface area contributed by atoms with Gasteiger partial charge in [0.25, 0.3) is 0 Å². The molecule has 1 heterocycles. The summed E-state index contributed by atoms with van der Waals surface area (Å²) in [5.74, 6) is -0.160. The van der Waals surface area contributed by atoms with Crippen molar-refractivity contribution < 1.29 is 14.6 Å². The molecular weight excluding hydrogens is 246 g/mol. The highest BCUT2D eigenvalue weighted by molar-refractivity contribution is 5.69. The molecule has 1 N–H and O–H groups in total. The molecule has 0 atom stereocenters. The van der Waals surface area contributed by atoms with Crippen molar-refractivity contribution in [1.82, 2.24) is 14.7 Å². The van der Waals surface area contributed by atoms with Gasteiger partial charge in [-0.15, -0.1) is 0 Å². The second-order valence-electron chi connectivity index (χ2n) is 5.62. The molecule has 0 aliphatic heterocycles. The summed E-state index contributed by atoms with van der Waals surface area (Å²) in [5.41, 5.74) is 1.55. The van der Waals surface area contributed by atoms with E-state index >= 15 is 0 Å². The van der Waals surface area contributed by atoms with E-state index in [0.29, 0.717) is 12.4 Å². The van der Waals surface area contributed by atoms with Gasteiger partial charge in [-0.25, -0.2) is 4.68 Å². The molecule has 0 saturated heterocycles. The molecule has 6 heteroatoms. The number of carboxylic acid groups (broad SMARTS) is 1. The second-order valence-corrected chi connectivity index (χ2v) is 5.62. The van der Waals surface area contributed by atoms with E-state index < -0.39 is 5.97 Å². The van der Waals surface area contributed by atoms with Crippen LogP contribution in [0.2, 0.25) is 0 Å². The molecule has 0 radical (unpaired) electrons. The molecule has 0 fully saturated rings. The van der Waals surface area contributed by atoms with E-state index in [1.165, 1.54) is 0 Å². The van der Waals surface area contributed by atoms with Gasteiger partial charge < -0.3 is 9.84 Å². The van der Waals surface area contributed by atoms with Gasteiger partial charge >= 0.3 is 5.97 Å². The molecule has 0 aliphatic carbocycles. The minimum Gasteiger partial charge on any atom is -0.481 e. The lowest BCUT2D eigenvalue weighted by Crippen LogP contribution is -2.43. The minimum absolute atomic E-state index is 0.0129. The normalized spacial score (nSPS) is 11.9. The molecule has 19 heavy (non-hydrogen) atoms. The van der Waals surface area contributed by atoms with Crippen molar-refractivity contribution in [3.05, 3.63) is 11.3 Å². The third-order valence-electron chi connectivity index (χ3n) is 3.11. The van der Waals surface area contributed by atoms with Crippen LogP contribution in [0.5, 0.6) is 5.88 Å². The number of nitrogens with zero attached hydrogens (tertiary/aromatic N) is 3. The number of aryl methyl sites for hydroxylation is 2. The predicted octanol–water partition coefficient (Wildman–Crippen LogP) is 1.42. The Hall–Kier alpha value is -1.56. The molecule has 0 saturated carbocycles. The predicted molar refractivity (Wildman–Crippen MR) is 72.3 cm³/mol. The van der Waals surface area contributed by atoms with E-state index in [1.54, 1.807) is 11.8 Å². The number of aromatic nitrogens is 2. The monoisotopic (exact) mass is 269 g/mol. The minimum atomic E-state index is -0.838. The van der Waals surface area contributed by atoms with Crippen molar-refractivity contribution in [3.8, 4) is 5.88 Å². The van der Waals surface area contributed by atoms with Crippen LogP contribution in [-0.2, 0) is 18.4 Å². The molecule has 1 aromatic rings. The number of carboxylic acids is 1. The Morgan fingerprint density at radius 1 is 1.47 bits per heavy atom. The number of rotatable bonds is 5. The van der Waals surface area contributed by atoms with Crippen LogP contribution in [0.15, 0.2) is 0 Å². The molecule has 6 nitrogen and oxygen atoms in total. The number of aliphatic carboxylic acids is 1. The van der Waals surface area contributed by atoms with Crippen LogP contribution in [0.25, 0.3) is 0 Å². The van der Waals surface area contributed by atoms with E-state index in [1.807, 2.05) is 39.6 Å². The summed E-state index contributed by atoms with van der Waals surface area (Å²) >= 11 is 0. The second kappa shape index (κ2) is 5.61. The molecule has 0 bridgehead atoms. The first-order chi connectivity index (χ1) is 8.66. The summed E-state index contributed by atoms with van der Waals surface area (Å²) in [6, 6.07) is 0. The third-order valence-corrected chi connectivity index (χ3v) is 3.11. The van der Waals surface area contributed by atoms with Crippen LogP contribution < -0.4 is 4.74 Å². The van der Waals surface area contributed by atoms with Crippen molar-refractivity contribution in [2.45, 2.75) is 39.8 Å². The largest absolute Gasteiger partial charge is 0.481 e. The smallest absolute Gasteiger partial charge is 0.317 e. The molecule has 1 rings (SSSR count). The first kappa shape index (κ1) is 15.5. The van der Waals surface area contributed by atoms with Gasteiger partial charge in [0.2, 0.25) is 5.88 Å². The average molecular weight is 269 g/mol. The van der Waals surface area contributed by atoms with Crippen LogP contribution in [0, 0.1) is 6.92 Å². The SMILES string of the molecule is COc1c(CN(CC(=O)O)C(C)(C)C)c(C)nn1C. The van der Waals surface area contributed by atoms with Gasteiger partial charge in [0.05, 0.1) is 24.9 Å². The fourth-order valence-electron chi connectivity index (χ4n) is 2.00. The highest BCUT2D eigenvalue weighted by Crippen LogP contribution is 2.25. The van der Waals surface area contributed by atoms with Crippen LogP contribution in [-0.4, -0.2) is 44.9 Å². The standard InChI is InChI=1S/C13H23N3O3/c1-9-10(12(19-6)15(5)14-9)7-16(8-11(17)18)13(2,3)4/h7-8H2,1-6H3,(H,17,18). The molecule has 1 aromatic heterocycles. The fourth-order valence-corrected chi connectivity index (χ4v) is 2.00. The molecule has 0 unspecified atom stereocenters. The Morgan fingerprint density at radius 2 is 2.05 bits per heavy atom. The Kier molecular flexibility index (Phi) is 4.57. The highest BCUT2D eigenvalue weighted by atomic mass is 16.5. The lowest BCUT2D eigenvalue weighted by molar-refractivity contribution is -0.139. The summed E-state index contributed by atoms with van der Waals surface area (Å²) in [7, 11) is 3.41. The van der Waals surface area contributed by atoms with Crippen LogP contribution in [0.4, 0.5) is 0 Å². The Bertz CT molecular complexity index is 460. The van der Waals surface area contributed by atoms with Crippen molar-refractivity contribution in [1.29, 1.82) is 0 Å². The number of ether oxygens (including phenoxy) is 1. The van der Waals surface area contributed by atoms with Gasteiger partial charge in [-0.1, -0.05) is 0 Å². The number of hydrogen-bond donors (Lipinski definition) is 1. The van der Waals surface area contributed by atoms with E-state index in [0.717, 1.165) is 11.3 Å². The first-order valence-corrected chi connectivity index (χ1v) is 6.20. The van der Waals surface area contributed by atoms with Gasteiger partial charge in [-0.05, 0) is 27.7 Å². The number of hydrogen-bond acceptors (Lipinski definition) is 4. The van der Waals surface area contributed by atoms with Gasteiger partial charge in [-0.3, -0.25) is 9.69 Å². The van der Waals surface area contributed by atoms with Crippen LogP contribution in [0.3, 0.4) is 0 Å². The van der Waals surface area contributed by atoms with Gasteiger partial charge in [-0.2, -0.15) is 5.10 Å². The van der Waals surface area contributed by atoms with E-state index in [9.17, 15) is 4.79 Å². The summed E-state index contributed by atoms with van der Waals surface area (Å²) in [4.78, 5) is 12.9. The maximum absolute atomic E-state index is 11.0. The topological polar surface area (TPSA) is 67.6 Å². The Balaban J connectivity index is 3.06. The van der Waals surface area contributed by atoms with Crippen LogP contribution >= 0.6 is 0 Å². The quantitative estimate of drug-likeness (QED) is 0.875. The molecule has 0 aromatic carbocycles. The zero-order valence-electron chi connectivity index (χ0n) is 12.5. The third kappa shape index (κ3) is 3.70. The number of carbonyl (C=O) groups is 1. The van der Waals surface area contributed by atoms with Crippen molar-refractivity contribution in [3.63, 3.8) is 0 Å². The molecular formula is C13H23N3O3. The summed E-state index contributed by atoms with van der Waals surface area (Å²) < 4.78 is 7.01. The zero-order chi connectivity index (χ0) is 14.8. The van der Waals surface area contributed by atoms with Crippen molar-refractivity contribution >= 4 is 5.97 Å². The zero-order valence-corrected chi connectivity index (χ0v) is 12.5. The van der Waals surface area contributed by atoms with Crippen molar-refractivity contribution in [2.24, 2.45) is 7.05 Å². The first-order valence-electron chi connectivity index (χ1n) is 6.20. The maximum atomic E-state index is 11.0. The maximum Gasteiger partial charge on any atom is 0.317 e. The van der Waals surface area contributed by atoms with E-state index in [2.05, 4.69) is 5.10 Å². The molecule has 108 valence electrons. The lowest BCUT2D eigenvalue weighted by atomic mass is 10.0. The van der Waals surface area contributed by atoms with Gasteiger partial charge in [0, 0.05) is 19.1 Å². The van der Waals surface area contributed by atoms with Crippen molar-refractivity contribution in [2.75, 3.05) is 13.7 Å². The molecule has 0 spiro atoms. The Labute approximate surface area is 114 Å². The lowest BCUT2D eigenvalue weighted by Gasteiger charge is -2.34. The summed E-state index contributed by atoms with van der Waals surface area (Å²) in [6.45, 7) is 8.37. The average Bonchev–Trinajstić information content (AvgIpc) is 2.50.